The number of aryl methyl sites for hydroxylation is 1. The number of aliphatic hydroxyl groups excluding tert-OH is 1. The van der Waals surface area contributed by atoms with Crippen LogP contribution < -0.4 is 21.7 Å². The van der Waals surface area contributed by atoms with Crippen LogP contribution in [0.2, 0.25) is 0 Å². The molecule has 34 heavy (non-hydrogen) atoms. The Morgan fingerprint density at radius 1 is 1.32 bits per heavy atom. The number of thiophene rings is 1. The van der Waals surface area contributed by atoms with E-state index >= 15 is 0 Å². The van der Waals surface area contributed by atoms with E-state index in [1.54, 1.807) is 11.0 Å². The van der Waals surface area contributed by atoms with Crippen LogP contribution >= 0.6 is 11.3 Å². The highest BCUT2D eigenvalue weighted by atomic mass is 32.1. The molecule has 3 aromatic rings. The Labute approximate surface area is 197 Å². The van der Waals surface area contributed by atoms with Crippen molar-refractivity contribution in [3.05, 3.63) is 46.2 Å². The number of aromatic nitrogens is 2. The molecule has 1 saturated heterocycles. The number of halogens is 3. The second-order valence-electron chi connectivity index (χ2n) is 8.30. The molecule has 12 heteroatoms. The van der Waals surface area contributed by atoms with Crippen molar-refractivity contribution in [2.45, 2.75) is 38.1 Å². The molecule has 4 rings (SSSR count). The number of hydrogen-bond acceptors (Lipinski definition) is 8. The minimum Gasteiger partial charge on any atom is -0.397 e. The van der Waals surface area contributed by atoms with Crippen LogP contribution in [0.5, 0.6) is 0 Å². The van der Waals surface area contributed by atoms with E-state index in [9.17, 15) is 23.1 Å². The van der Waals surface area contributed by atoms with E-state index in [0.29, 0.717) is 38.2 Å². The number of primary amides is 1. The van der Waals surface area contributed by atoms with Gasteiger partial charge in [0.2, 0.25) is 0 Å². The van der Waals surface area contributed by atoms with E-state index in [1.165, 1.54) is 6.07 Å². The van der Waals surface area contributed by atoms with E-state index < -0.39 is 23.9 Å². The van der Waals surface area contributed by atoms with Gasteiger partial charge in [-0.25, -0.2) is 4.98 Å². The molecular weight excluding hydrogens is 469 g/mol. The fourth-order valence-corrected chi connectivity index (χ4v) is 5.13. The van der Waals surface area contributed by atoms with E-state index in [-0.39, 0.29) is 32.5 Å². The highest BCUT2D eigenvalue weighted by Crippen LogP contribution is 2.43. The standard InChI is InChI=1S/C22H25F3N6O2S/c1-11-3-2-4-13(29-11)14(32)10-28-12-5-7-31(8-6-12)16-9-15-17(20(30-16)22(23,24)25)18(26)19(34-15)21(27)33/h2-4,9,12,14,28,32H,5-8,10,26H2,1H3,(H2,27,33). The molecule has 182 valence electrons. The number of amides is 1. The Balaban J connectivity index is 1.47. The van der Waals surface area contributed by atoms with Crippen molar-refractivity contribution in [2.24, 2.45) is 5.73 Å². The Hall–Kier alpha value is -2.96. The van der Waals surface area contributed by atoms with Gasteiger partial charge < -0.3 is 26.8 Å². The monoisotopic (exact) mass is 494 g/mol. The molecule has 0 aliphatic carbocycles. The lowest BCUT2D eigenvalue weighted by atomic mass is 10.0. The van der Waals surface area contributed by atoms with Gasteiger partial charge in [-0.05, 0) is 38.0 Å². The SMILES string of the molecule is Cc1cccc(C(O)CNC2CCN(c3cc4sc(C(N)=O)c(N)c4c(C(F)(F)F)n3)CC2)n1. The minimum atomic E-state index is -4.74. The van der Waals surface area contributed by atoms with Gasteiger partial charge in [0.05, 0.1) is 11.4 Å². The lowest BCUT2D eigenvalue weighted by Crippen LogP contribution is -2.44. The molecule has 1 fully saturated rings. The smallest absolute Gasteiger partial charge is 0.397 e. The van der Waals surface area contributed by atoms with Crippen LogP contribution in [0.25, 0.3) is 10.1 Å². The van der Waals surface area contributed by atoms with Gasteiger partial charge in [-0.1, -0.05) is 6.07 Å². The first-order valence-electron chi connectivity index (χ1n) is 10.7. The summed E-state index contributed by atoms with van der Waals surface area (Å²) in [6.45, 7) is 3.15. The van der Waals surface area contributed by atoms with Gasteiger partial charge >= 0.3 is 6.18 Å². The van der Waals surface area contributed by atoms with Crippen molar-refractivity contribution in [3.8, 4) is 0 Å². The third-order valence-corrected chi connectivity index (χ3v) is 7.03. The highest BCUT2D eigenvalue weighted by molar-refractivity contribution is 7.21. The van der Waals surface area contributed by atoms with Crippen molar-refractivity contribution in [2.75, 3.05) is 30.3 Å². The summed E-state index contributed by atoms with van der Waals surface area (Å²) in [6, 6.07) is 7.09. The van der Waals surface area contributed by atoms with Crippen molar-refractivity contribution < 1.29 is 23.1 Å². The molecule has 4 heterocycles. The van der Waals surface area contributed by atoms with Crippen molar-refractivity contribution in [1.82, 2.24) is 15.3 Å². The summed E-state index contributed by atoms with van der Waals surface area (Å²) >= 11 is 0.839. The maximum absolute atomic E-state index is 13.8. The average Bonchev–Trinajstić information content (AvgIpc) is 3.13. The third kappa shape index (κ3) is 4.93. The van der Waals surface area contributed by atoms with E-state index in [2.05, 4.69) is 15.3 Å². The summed E-state index contributed by atoms with van der Waals surface area (Å²) in [4.78, 5) is 21.5. The van der Waals surface area contributed by atoms with Crippen LogP contribution in [0.15, 0.2) is 24.3 Å². The number of nitrogen functional groups attached to an aromatic ring is 1. The normalized spacial score (nSPS) is 16.2. The van der Waals surface area contributed by atoms with Crippen LogP contribution in [0, 0.1) is 6.92 Å². The second-order valence-corrected chi connectivity index (χ2v) is 9.35. The largest absolute Gasteiger partial charge is 0.434 e. The molecule has 0 radical (unpaired) electrons. The van der Waals surface area contributed by atoms with Crippen LogP contribution in [0.3, 0.4) is 0 Å². The van der Waals surface area contributed by atoms with Crippen molar-refractivity contribution in [1.29, 1.82) is 0 Å². The van der Waals surface area contributed by atoms with Crippen LogP contribution in [0.1, 0.15) is 45.7 Å². The lowest BCUT2D eigenvalue weighted by molar-refractivity contribution is -0.139. The van der Waals surface area contributed by atoms with Gasteiger partial charge in [0.1, 0.15) is 16.8 Å². The fourth-order valence-electron chi connectivity index (χ4n) is 4.12. The first-order valence-corrected chi connectivity index (χ1v) is 11.6. The molecule has 0 saturated carbocycles. The molecule has 0 bridgehead atoms. The third-order valence-electron chi connectivity index (χ3n) is 5.86. The lowest BCUT2D eigenvalue weighted by Gasteiger charge is -2.34. The summed E-state index contributed by atoms with van der Waals surface area (Å²) in [6.07, 6.45) is -4.17. The number of nitrogens with one attached hydrogen (secondary N) is 1. The Morgan fingerprint density at radius 3 is 2.65 bits per heavy atom. The van der Waals surface area contributed by atoms with Gasteiger partial charge in [0.15, 0.2) is 5.69 Å². The molecule has 1 atom stereocenters. The van der Waals surface area contributed by atoms with Gasteiger partial charge in [0, 0.05) is 41.5 Å². The number of nitrogens with zero attached hydrogens (tertiary/aromatic N) is 3. The van der Waals surface area contributed by atoms with Crippen LogP contribution in [0.4, 0.5) is 24.7 Å². The molecule has 0 spiro atoms. The van der Waals surface area contributed by atoms with E-state index in [0.717, 1.165) is 17.0 Å². The molecular formula is C22H25F3N6O2S. The number of hydrogen-bond donors (Lipinski definition) is 4. The predicted molar refractivity (Wildman–Crippen MR) is 125 cm³/mol. The Kier molecular flexibility index (Phi) is 6.65. The first-order chi connectivity index (χ1) is 16.0. The summed E-state index contributed by atoms with van der Waals surface area (Å²) < 4.78 is 41.5. The zero-order chi connectivity index (χ0) is 24.6. The summed E-state index contributed by atoms with van der Waals surface area (Å²) in [5.74, 6) is -0.692. The van der Waals surface area contributed by atoms with Gasteiger partial charge in [-0.2, -0.15) is 13.2 Å². The molecule has 1 aliphatic heterocycles. The highest BCUT2D eigenvalue weighted by Gasteiger charge is 2.38. The number of anilines is 2. The molecule has 1 amide bonds. The second kappa shape index (κ2) is 9.35. The zero-order valence-corrected chi connectivity index (χ0v) is 19.2. The first kappa shape index (κ1) is 24.2. The van der Waals surface area contributed by atoms with Gasteiger partial charge in [0.25, 0.3) is 5.91 Å². The number of alkyl halides is 3. The Morgan fingerprint density at radius 2 is 2.03 bits per heavy atom. The van der Waals surface area contributed by atoms with Crippen LogP contribution in [-0.2, 0) is 6.18 Å². The molecule has 8 nitrogen and oxygen atoms in total. The molecule has 6 N–H and O–H groups in total. The number of nitrogens with two attached hydrogens (primary N) is 2. The van der Waals surface area contributed by atoms with Crippen molar-refractivity contribution in [3.63, 3.8) is 0 Å². The Bertz CT molecular complexity index is 1210. The van der Waals surface area contributed by atoms with E-state index in [4.69, 9.17) is 11.5 Å². The quantitative estimate of drug-likeness (QED) is 0.414. The molecule has 0 aromatic carbocycles. The maximum atomic E-state index is 13.8. The summed E-state index contributed by atoms with van der Waals surface area (Å²) in [5.41, 5.74) is 11.1. The topological polar surface area (TPSA) is 130 Å². The summed E-state index contributed by atoms with van der Waals surface area (Å²) in [5, 5.41) is 13.4. The van der Waals surface area contributed by atoms with Crippen LogP contribution in [-0.4, -0.2) is 46.7 Å². The minimum absolute atomic E-state index is 0.0976. The average molecular weight is 495 g/mol. The number of fused-ring (bicyclic) bond motifs is 1. The van der Waals surface area contributed by atoms with Crippen molar-refractivity contribution >= 4 is 38.8 Å². The summed E-state index contributed by atoms with van der Waals surface area (Å²) in [7, 11) is 0. The number of piperidine rings is 1. The van der Waals surface area contributed by atoms with Gasteiger partial charge in [-0.15, -0.1) is 11.3 Å². The number of carbonyl (C=O) groups is 1. The predicted octanol–water partition coefficient (Wildman–Crippen LogP) is 2.99. The van der Waals surface area contributed by atoms with Gasteiger partial charge in [-0.3, -0.25) is 9.78 Å². The van der Waals surface area contributed by atoms with E-state index in [1.807, 2.05) is 19.1 Å². The number of pyridine rings is 2. The number of carbonyl (C=O) groups excluding carboxylic acids is 1. The fraction of sp³-hybridized carbons (Fsp3) is 0.409. The number of aliphatic hydroxyl groups is 1. The maximum Gasteiger partial charge on any atom is 0.434 e. The molecule has 3 aromatic heterocycles. The zero-order valence-electron chi connectivity index (χ0n) is 18.4. The molecule has 1 unspecified atom stereocenters. The number of rotatable bonds is 6. The molecule has 1 aliphatic rings.